The van der Waals surface area contributed by atoms with Crippen LogP contribution in [0, 0.1) is 5.92 Å². The molecule has 1 aromatic heterocycles. The average molecular weight is 328 g/mol. The molecule has 1 aliphatic carbocycles. The van der Waals surface area contributed by atoms with Crippen molar-refractivity contribution in [1.29, 1.82) is 0 Å². The van der Waals surface area contributed by atoms with Crippen LogP contribution < -0.4 is 0 Å². The highest BCUT2D eigenvalue weighted by Gasteiger charge is 2.36. The fourth-order valence-corrected chi connectivity index (χ4v) is 4.01. The minimum absolute atomic E-state index is 0.0322. The summed E-state index contributed by atoms with van der Waals surface area (Å²) in [5.41, 5.74) is 1.93. The second-order valence-electron chi connectivity index (χ2n) is 6.45. The van der Waals surface area contributed by atoms with Crippen LogP contribution >= 0.6 is 0 Å². The van der Waals surface area contributed by atoms with Gasteiger partial charge in [-0.15, -0.1) is 0 Å². The molecule has 22 heavy (non-hydrogen) atoms. The van der Waals surface area contributed by atoms with E-state index in [1.165, 1.54) is 21.5 Å². The van der Waals surface area contributed by atoms with Crippen LogP contribution in [0.1, 0.15) is 30.1 Å². The highest BCUT2D eigenvalue weighted by Crippen LogP contribution is 2.32. The van der Waals surface area contributed by atoms with E-state index in [0.717, 1.165) is 18.0 Å². The third-order valence-corrected chi connectivity index (χ3v) is 6.21. The zero-order valence-corrected chi connectivity index (χ0v) is 14.2. The Kier molecular flexibility index (Phi) is 4.28. The molecule has 1 aromatic rings. The molecular weight excluding hydrogens is 304 g/mol. The molecule has 0 bridgehead atoms. The maximum Gasteiger partial charge on any atom is 0.281 e. The van der Waals surface area contributed by atoms with Crippen LogP contribution in [-0.4, -0.2) is 60.4 Å². The lowest BCUT2D eigenvalue weighted by atomic mass is 10.0. The van der Waals surface area contributed by atoms with E-state index >= 15 is 0 Å². The van der Waals surface area contributed by atoms with Crippen molar-refractivity contribution < 1.29 is 13.2 Å². The van der Waals surface area contributed by atoms with Crippen molar-refractivity contribution in [3.63, 3.8) is 0 Å². The summed E-state index contributed by atoms with van der Waals surface area (Å²) in [7, 11) is 1.64. The van der Waals surface area contributed by atoms with E-state index in [4.69, 9.17) is 4.74 Å². The topological polar surface area (TPSA) is 67.7 Å². The van der Waals surface area contributed by atoms with Gasteiger partial charge in [-0.2, -0.15) is 17.0 Å². The summed E-state index contributed by atoms with van der Waals surface area (Å²) >= 11 is 0. The molecule has 2 aliphatic rings. The van der Waals surface area contributed by atoms with Gasteiger partial charge in [-0.25, -0.2) is 4.98 Å². The number of ether oxygens (including phenoxy) is 1. The molecule has 1 aliphatic heterocycles. The maximum atomic E-state index is 12.4. The number of aromatic nitrogens is 2. The molecule has 0 radical (unpaired) electrons. The molecule has 8 heteroatoms. The Morgan fingerprint density at radius 3 is 2.73 bits per heavy atom. The smallest absolute Gasteiger partial charge is 0.281 e. The number of aryl methyl sites for hydroxylation is 1. The van der Waals surface area contributed by atoms with Gasteiger partial charge in [-0.05, 0) is 18.8 Å². The first-order chi connectivity index (χ1) is 10.4. The first-order valence-corrected chi connectivity index (χ1v) is 9.04. The molecular formula is C14H24N4O3S. The highest BCUT2D eigenvalue weighted by molar-refractivity contribution is 7.86. The minimum Gasteiger partial charge on any atom is -0.380 e. The standard InChI is InChI=1S/C14H24N4O3S/c1-16(2)22(19,20)18-6-12(9-21-8-11-4-5-11)14-13(7-18)15-10-17(14)3/h10-12H,4-9H2,1-3H3/t12-/m1/s1. The molecule has 0 unspecified atom stereocenters. The van der Waals surface area contributed by atoms with Crippen LogP contribution in [0.15, 0.2) is 6.33 Å². The minimum atomic E-state index is -3.43. The molecule has 124 valence electrons. The maximum absolute atomic E-state index is 12.4. The van der Waals surface area contributed by atoms with Gasteiger partial charge in [0.15, 0.2) is 0 Å². The zero-order valence-electron chi connectivity index (χ0n) is 13.4. The summed E-state index contributed by atoms with van der Waals surface area (Å²) in [4.78, 5) is 4.37. The predicted octanol–water partition coefficient (Wildman–Crippen LogP) is 0.552. The third kappa shape index (κ3) is 3.05. The number of hydrogen-bond donors (Lipinski definition) is 0. The summed E-state index contributed by atoms with van der Waals surface area (Å²) in [5.74, 6) is 0.737. The van der Waals surface area contributed by atoms with Crippen LogP contribution in [-0.2, 0) is 28.5 Å². The molecule has 0 aromatic carbocycles. The van der Waals surface area contributed by atoms with Crippen molar-refractivity contribution in [1.82, 2.24) is 18.2 Å². The summed E-state index contributed by atoms with van der Waals surface area (Å²) in [6.07, 6.45) is 4.26. The predicted molar refractivity (Wildman–Crippen MR) is 82.5 cm³/mol. The lowest BCUT2D eigenvalue weighted by Gasteiger charge is -2.33. The number of fused-ring (bicyclic) bond motifs is 1. The molecule has 7 nitrogen and oxygen atoms in total. The molecule has 0 amide bonds. The van der Waals surface area contributed by atoms with Gasteiger partial charge in [0.25, 0.3) is 10.2 Å². The zero-order chi connectivity index (χ0) is 15.9. The van der Waals surface area contributed by atoms with E-state index in [0.29, 0.717) is 25.6 Å². The van der Waals surface area contributed by atoms with E-state index in [2.05, 4.69) is 4.98 Å². The van der Waals surface area contributed by atoms with Crippen molar-refractivity contribution in [2.45, 2.75) is 25.3 Å². The van der Waals surface area contributed by atoms with Crippen LogP contribution in [0.4, 0.5) is 0 Å². The summed E-state index contributed by atoms with van der Waals surface area (Å²) < 4.78 is 35.4. The molecule has 3 rings (SSSR count). The summed E-state index contributed by atoms with van der Waals surface area (Å²) in [5, 5.41) is 0. The van der Waals surface area contributed by atoms with Crippen LogP contribution in [0.3, 0.4) is 0 Å². The second kappa shape index (κ2) is 5.92. The van der Waals surface area contributed by atoms with Gasteiger partial charge < -0.3 is 9.30 Å². The van der Waals surface area contributed by atoms with Gasteiger partial charge in [-0.3, -0.25) is 0 Å². The lowest BCUT2D eigenvalue weighted by Crippen LogP contribution is -2.45. The van der Waals surface area contributed by atoms with Gasteiger partial charge in [0.2, 0.25) is 0 Å². The number of rotatable bonds is 6. The lowest BCUT2D eigenvalue weighted by molar-refractivity contribution is 0.0993. The first-order valence-electron chi connectivity index (χ1n) is 7.65. The van der Waals surface area contributed by atoms with E-state index < -0.39 is 10.2 Å². The summed E-state index contributed by atoms with van der Waals surface area (Å²) in [6.45, 7) is 2.10. The van der Waals surface area contributed by atoms with Crippen molar-refractivity contribution in [3.8, 4) is 0 Å². The van der Waals surface area contributed by atoms with Crippen LogP contribution in [0.5, 0.6) is 0 Å². The Bertz CT molecular complexity index is 637. The van der Waals surface area contributed by atoms with Crippen LogP contribution in [0.25, 0.3) is 0 Å². The van der Waals surface area contributed by atoms with Gasteiger partial charge in [0.1, 0.15) is 0 Å². The van der Waals surface area contributed by atoms with E-state index in [-0.39, 0.29) is 5.92 Å². The monoisotopic (exact) mass is 328 g/mol. The van der Waals surface area contributed by atoms with E-state index in [1.54, 1.807) is 20.4 Å². The van der Waals surface area contributed by atoms with Crippen molar-refractivity contribution in [2.24, 2.45) is 13.0 Å². The Hall–Kier alpha value is -0.960. The van der Waals surface area contributed by atoms with Crippen molar-refractivity contribution in [2.75, 3.05) is 33.9 Å². The first kappa shape index (κ1) is 15.9. The fraction of sp³-hybridized carbons (Fsp3) is 0.786. The quantitative estimate of drug-likeness (QED) is 0.765. The molecule has 2 heterocycles. The largest absolute Gasteiger partial charge is 0.380 e. The Balaban J connectivity index is 1.78. The third-order valence-electron chi connectivity index (χ3n) is 4.36. The SMILES string of the molecule is CN(C)S(=O)(=O)N1Cc2ncn(C)c2[C@@H](COCC2CC2)C1. The molecule has 0 saturated heterocycles. The van der Waals surface area contributed by atoms with E-state index in [1.807, 2.05) is 11.6 Å². The fourth-order valence-electron chi connectivity index (χ4n) is 2.90. The van der Waals surface area contributed by atoms with Gasteiger partial charge in [0.05, 0.1) is 25.2 Å². The Morgan fingerprint density at radius 2 is 2.09 bits per heavy atom. The summed E-state index contributed by atoms with van der Waals surface area (Å²) in [6, 6.07) is 0. The molecule has 0 spiro atoms. The Labute approximate surface area is 132 Å². The van der Waals surface area contributed by atoms with Gasteiger partial charge >= 0.3 is 0 Å². The normalized spacial score (nSPS) is 23.0. The molecule has 1 atom stereocenters. The molecule has 1 fully saturated rings. The number of nitrogens with zero attached hydrogens (tertiary/aromatic N) is 4. The molecule has 1 saturated carbocycles. The van der Waals surface area contributed by atoms with E-state index in [9.17, 15) is 8.42 Å². The van der Waals surface area contributed by atoms with Gasteiger partial charge in [-0.1, -0.05) is 0 Å². The second-order valence-corrected chi connectivity index (χ2v) is 8.59. The molecule has 0 N–H and O–H groups in total. The Morgan fingerprint density at radius 1 is 1.36 bits per heavy atom. The average Bonchev–Trinajstić information content (AvgIpc) is 3.21. The number of hydrogen-bond acceptors (Lipinski definition) is 4. The number of imidazole rings is 1. The van der Waals surface area contributed by atoms with Crippen LogP contribution in [0.2, 0.25) is 0 Å². The van der Waals surface area contributed by atoms with Gasteiger partial charge in [0, 0.05) is 45.9 Å². The van der Waals surface area contributed by atoms with Crippen molar-refractivity contribution >= 4 is 10.2 Å². The highest BCUT2D eigenvalue weighted by atomic mass is 32.2. The van der Waals surface area contributed by atoms with Crippen molar-refractivity contribution in [3.05, 3.63) is 17.7 Å².